The summed E-state index contributed by atoms with van der Waals surface area (Å²) in [6, 6.07) is 14.5. The lowest BCUT2D eigenvalue weighted by Crippen LogP contribution is -2.36. The molecule has 0 aromatic heterocycles. The lowest BCUT2D eigenvalue weighted by molar-refractivity contribution is -0.114. The normalized spacial score (nSPS) is 13.7. The van der Waals surface area contributed by atoms with Gasteiger partial charge in [-0.2, -0.15) is 0 Å². The third kappa shape index (κ3) is 8.12. The first-order chi connectivity index (χ1) is 17.0. The topological polar surface area (TPSA) is 90.5 Å². The van der Waals surface area contributed by atoms with Gasteiger partial charge in [-0.3, -0.25) is 14.4 Å². The number of benzene rings is 2. The molecule has 3 amide bonds. The molecular weight excluding hydrogens is 440 g/mol. The number of nitrogens with one attached hydrogen (secondary N) is 3. The number of nitrogens with zero attached hydrogens (tertiary/aromatic N) is 1. The molecule has 1 saturated carbocycles. The number of rotatable bonds is 11. The summed E-state index contributed by atoms with van der Waals surface area (Å²) in [5.74, 6) is -0.330. The van der Waals surface area contributed by atoms with Crippen molar-refractivity contribution in [3.05, 3.63) is 59.7 Å². The first-order valence-electron chi connectivity index (χ1n) is 12.8. The molecule has 0 heterocycles. The molecule has 2 aromatic rings. The molecule has 3 N–H and O–H groups in total. The average Bonchev–Trinajstić information content (AvgIpc) is 2.88. The summed E-state index contributed by atoms with van der Waals surface area (Å²) in [4.78, 5) is 39.9. The van der Waals surface area contributed by atoms with Gasteiger partial charge in [-0.1, -0.05) is 45.2 Å². The van der Waals surface area contributed by atoms with Crippen LogP contribution in [0, 0.1) is 0 Å². The Balaban J connectivity index is 1.54. The van der Waals surface area contributed by atoms with Crippen LogP contribution in [-0.2, 0) is 4.79 Å². The van der Waals surface area contributed by atoms with Crippen LogP contribution in [0.25, 0.3) is 0 Å². The first-order valence-corrected chi connectivity index (χ1v) is 12.8. The summed E-state index contributed by atoms with van der Waals surface area (Å²) < 4.78 is 0. The Kier molecular flexibility index (Phi) is 10.1. The Labute approximate surface area is 208 Å². The maximum Gasteiger partial charge on any atom is 0.253 e. The molecule has 1 fully saturated rings. The summed E-state index contributed by atoms with van der Waals surface area (Å²) in [5, 5.41) is 9.04. The highest BCUT2D eigenvalue weighted by molar-refractivity contribution is 5.98. The fourth-order valence-corrected chi connectivity index (χ4v) is 4.44. The molecule has 2 aromatic carbocycles. The molecular formula is C28H38N4O3. The fraction of sp³-hybridized carbons (Fsp3) is 0.464. The Bertz CT molecular complexity index is 995. The minimum atomic E-state index is -0.231. The quantitative estimate of drug-likeness (QED) is 0.421. The zero-order valence-electron chi connectivity index (χ0n) is 20.9. The van der Waals surface area contributed by atoms with Gasteiger partial charge in [0.25, 0.3) is 11.8 Å². The van der Waals surface area contributed by atoms with Crippen LogP contribution in [-0.4, -0.2) is 48.3 Å². The maximum absolute atomic E-state index is 12.9. The van der Waals surface area contributed by atoms with E-state index in [1.165, 1.54) is 6.42 Å². The lowest BCUT2D eigenvalue weighted by Gasteiger charge is -2.22. The van der Waals surface area contributed by atoms with Crippen LogP contribution in [0.5, 0.6) is 0 Å². The summed E-state index contributed by atoms with van der Waals surface area (Å²) in [5.41, 5.74) is 2.43. The molecule has 7 heteroatoms. The van der Waals surface area contributed by atoms with Crippen LogP contribution in [0.2, 0.25) is 0 Å². The van der Waals surface area contributed by atoms with Gasteiger partial charge in [-0.25, -0.2) is 0 Å². The van der Waals surface area contributed by atoms with Crippen molar-refractivity contribution in [2.45, 2.75) is 64.8 Å². The highest BCUT2D eigenvalue weighted by atomic mass is 16.2. The Morgan fingerprint density at radius 2 is 1.49 bits per heavy atom. The van der Waals surface area contributed by atoms with Gasteiger partial charge in [0.1, 0.15) is 0 Å². The van der Waals surface area contributed by atoms with Gasteiger partial charge < -0.3 is 20.9 Å². The molecule has 0 unspecified atom stereocenters. The second-order valence-corrected chi connectivity index (χ2v) is 9.16. The van der Waals surface area contributed by atoms with Crippen molar-refractivity contribution in [1.82, 2.24) is 10.2 Å². The SMILES string of the molecule is CCCN(CCC)C(=O)c1cccc(NCC(=O)Nc2cccc(C(=O)NC3CCCCC3)c2)c1. The van der Waals surface area contributed by atoms with Crippen molar-refractivity contribution in [2.75, 3.05) is 30.3 Å². The number of amides is 3. The smallest absolute Gasteiger partial charge is 0.253 e. The van der Waals surface area contributed by atoms with Crippen LogP contribution in [0.15, 0.2) is 48.5 Å². The van der Waals surface area contributed by atoms with Crippen LogP contribution in [0.3, 0.4) is 0 Å². The van der Waals surface area contributed by atoms with E-state index in [9.17, 15) is 14.4 Å². The van der Waals surface area contributed by atoms with Gasteiger partial charge in [0.2, 0.25) is 5.91 Å². The van der Waals surface area contributed by atoms with Gasteiger partial charge in [0.05, 0.1) is 6.54 Å². The second-order valence-electron chi connectivity index (χ2n) is 9.16. The minimum absolute atomic E-state index is 0.00474. The van der Waals surface area contributed by atoms with E-state index in [1.807, 2.05) is 17.0 Å². The van der Waals surface area contributed by atoms with E-state index in [4.69, 9.17) is 0 Å². The van der Waals surface area contributed by atoms with Crippen molar-refractivity contribution in [3.8, 4) is 0 Å². The molecule has 0 atom stereocenters. The number of hydrogen-bond acceptors (Lipinski definition) is 4. The maximum atomic E-state index is 12.9. The predicted octanol–water partition coefficient (Wildman–Crippen LogP) is 5.06. The lowest BCUT2D eigenvalue weighted by atomic mass is 9.95. The van der Waals surface area contributed by atoms with E-state index >= 15 is 0 Å². The monoisotopic (exact) mass is 478 g/mol. The fourth-order valence-electron chi connectivity index (χ4n) is 4.44. The number of carbonyl (C=O) groups excluding carboxylic acids is 3. The van der Waals surface area contributed by atoms with Crippen LogP contribution in [0.1, 0.15) is 79.5 Å². The predicted molar refractivity (Wildman–Crippen MR) is 141 cm³/mol. The van der Waals surface area contributed by atoms with Crippen molar-refractivity contribution < 1.29 is 14.4 Å². The third-order valence-corrected chi connectivity index (χ3v) is 6.19. The molecule has 1 aliphatic rings. The molecule has 0 radical (unpaired) electrons. The Morgan fingerprint density at radius 3 is 2.17 bits per heavy atom. The van der Waals surface area contributed by atoms with E-state index in [0.29, 0.717) is 22.5 Å². The second kappa shape index (κ2) is 13.5. The molecule has 7 nitrogen and oxygen atoms in total. The summed E-state index contributed by atoms with van der Waals surface area (Å²) in [6.07, 6.45) is 7.41. The largest absolute Gasteiger partial charge is 0.376 e. The van der Waals surface area contributed by atoms with Crippen molar-refractivity contribution in [3.63, 3.8) is 0 Å². The van der Waals surface area contributed by atoms with Gasteiger partial charge in [-0.15, -0.1) is 0 Å². The van der Waals surface area contributed by atoms with Crippen molar-refractivity contribution in [1.29, 1.82) is 0 Å². The standard InChI is InChI=1S/C28H38N4O3/c1-3-16-32(17-4-2)28(35)22-11-9-14-24(19-22)29-20-26(33)30-25-15-8-10-21(18-25)27(34)31-23-12-6-5-7-13-23/h8-11,14-15,18-19,23,29H,3-7,12-13,16-17,20H2,1-2H3,(H,30,33)(H,31,34). The minimum Gasteiger partial charge on any atom is -0.376 e. The molecule has 35 heavy (non-hydrogen) atoms. The highest BCUT2D eigenvalue weighted by Gasteiger charge is 2.17. The molecule has 188 valence electrons. The molecule has 0 saturated heterocycles. The number of anilines is 2. The zero-order valence-corrected chi connectivity index (χ0v) is 20.9. The van der Waals surface area contributed by atoms with E-state index in [1.54, 1.807) is 36.4 Å². The van der Waals surface area contributed by atoms with Gasteiger partial charge in [-0.05, 0) is 62.1 Å². The highest BCUT2D eigenvalue weighted by Crippen LogP contribution is 2.19. The third-order valence-electron chi connectivity index (χ3n) is 6.19. The number of carbonyl (C=O) groups is 3. The van der Waals surface area contributed by atoms with Gasteiger partial charge >= 0.3 is 0 Å². The van der Waals surface area contributed by atoms with E-state index in [-0.39, 0.29) is 30.3 Å². The van der Waals surface area contributed by atoms with Crippen molar-refractivity contribution >= 4 is 29.1 Å². The van der Waals surface area contributed by atoms with E-state index in [2.05, 4.69) is 29.8 Å². The molecule has 0 spiro atoms. The molecule has 0 bridgehead atoms. The average molecular weight is 479 g/mol. The molecule has 1 aliphatic carbocycles. The van der Waals surface area contributed by atoms with Gasteiger partial charge in [0.15, 0.2) is 0 Å². The van der Waals surface area contributed by atoms with E-state index in [0.717, 1.165) is 51.6 Å². The first kappa shape index (κ1) is 26.3. The summed E-state index contributed by atoms with van der Waals surface area (Å²) in [6.45, 7) is 5.62. The number of hydrogen-bond donors (Lipinski definition) is 3. The van der Waals surface area contributed by atoms with E-state index < -0.39 is 0 Å². The van der Waals surface area contributed by atoms with Crippen molar-refractivity contribution in [2.24, 2.45) is 0 Å². The van der Waals surface area contributed by atoms with Crippen LogP contribution in [0.4, 0.5) is 11.4 Å². The van der Waals surface area contributed by atoms with Crippen LogP contribution >= 0.6 is 0 Å². The Morgan fingerprint density at radius 1 is 0.857 bits per heavy atom. The zero-order chi connectivity index (χ0) is 25.0. The summed E-state index contributed by atoms with van der Waals surface area (Å²) in [7, 11) is 0. The Hall–Kier alpha value is -3.35. The van der Waals surface area contributed by atoms with Crippen LogP contribution < -0.4 is 16.0 Å². The van der Waals surface area contributed by atoms with Gasteiger partial charge in [0, 0.05) is 41.6 Å². The molecule has 3 rings (SSSR count). The molecule has 0 aliphatic heterocycles. The summed E-state index contributed by atoms with van der Waals surface area (Å²) >= 11 is 0.